The Balaban J connectivity index is 2.22. The van der Waals surface area contributed by atoms with Crippen LogP contribution in [0.2, 0.25) is 5.02 Å². The highest BCUT2D eigenvalue weighted by molar-refractivity contribution is 6.30. The molecule has 0 aliphatic rings. The van der Waals surface area contributed by atoms with E-state index in [0.29, 0.717) is 10.5 Å². The van der Waals surface area contributed by atoms with Crippen LogP contribution in [0.3, 0.4) is 0 Å². The number of benzene rings is 2. The van der Waals surface area contributed by atoms with Gasteiger partial charge in [-0.3, -0.25) is 4.79 Å². The number of carboxylic acids is 1. The van der Waals surface area contributed by atoms with Gasteiger partial charge in [-0.25, -0.2) is 9.18 Å². The molecule has 0 saturated carbocycles. The first kappa shape index (κ1) is 24.5. The molecule has 33 heavy (non-hydrogen) atoms. The summed E-state index contributed by atoms with van der Waals surface area (Å²) in [6, 6.07) is 6.45. The predicted octanol–water partition coefficient (Wildman–Crippen LogP) is 4.66. The number of aromatic carboxylic acids is 1. The minimum absolute atomic E-state index is 0.0694. The molecular weight excluding hydrogens is 453 g/mol. The zero-order valence-electron chi connectivity index (χ0n) is 18.7. The van der Waals surface area contributed by atoms with Crippen molar-refractivity contribution in [2.75, 3.05) is 13.7 Å². The van der Waals surface area contributed by atoms with Crippen molar-refractivity contribution in [3.05, 3.63) is 68.7 Å². The number of pyridine rings is 1. The molecule has 0 spiro atoms. The second-order valence-electron chi connectivity index (χ2n) is 8.69. The standard InChI is InChI=1S/C24H25ClFNO6/c1-24(2,3)21(11-28)27-10-16(23(30)31)22(29)15-8-20(19(32-4)9-18(15)27)33-12-13-7-14(25)5-6-17(13)26/h5-10,21,28H,11-12H2,1-4H3,(H,30,31)/t21-/m1/s1. The molecule has 0 radical (unpaired) electrons. The summed E-state index contributed by atoms with van der Waals surface area (Å²) in [6.45, 7) is 5.21. The zero-order chi connectivity index (χ0) is 24.5. The largest absolute Gasteiger partial charge is 0.493 e. The number of methoxy groups -OCH3 is 1. The van der Waals surface area contributed by atoms with Crippen molar-refractivity contribution in [3.8, 4) is 11.5 Å². The summed E-state index contributed by atoms with van der Waals surface area (Å²) in [4.78, 5) is 24.8. The van der Waals surface area contributed by atoms with Gasteiger partial charge in [0.1, 0.15) is 18.0 Å². The van der Waals surface area contributed by atoms with Gasteiger partial charge in [0, 0.05) is 22.8 Å². The summed E-state index contributed by atoms with van der Waals surface area (Å²) in [5.74, 6) is -1.51. The third-order valence-electron chi connectivity index (χ3n) is 5.45. The normalized spacial score (nSPS) is 12.6. The molecule has 3 aromatic rings. The second kappa shape index (κ2) is 9.41. The molecule has 7 nitrogen and oxygen atoms in total. The Hall–Kier alpha value is -3.10. The number of aromatic nitrogens is 1. The lowest BCUT2D eigenvalue weighted by molar-refractivity contribution is 0.0692. The molecule has 0 aliphatic carbocycles. The van der Waals surface area contributed by atoms with Crippen molar-refractivity contribution in [1.29, 1.82) is 0 Å². The van der Waals surface area contributed by atoms with Crippen LogP contribution in [0.4, 0.5) is 4.39 Å². The zero-order valence-corrected chi connectivity index (χ0v) is 19.4. The summed E-state index contributed by atoms with van der Waals surface area (Å²) in [7, 11) is 1.41. The van der Waals surface area contributed by atoms with Crippen molar-refractivity contribution in [3.63, 3.8) is 0 Å². The summed E-state index contributed by atoms with van der Waals surface area (Å²) >= 11 is 5.93. The first-order chi connectivity index (χ1) is 15.5. The number of hydrogen-bond acceptors (Lipinski definition) is 5. The monoisotopic (exact) mass is 477 g/mol. The molecule has 2 N–H and O–H groups in total. The lowest BCUT2D eigenvalue weighted by Crippen LogP contribution is -2.30. The molecule has 1 aromatic heterocycles. The minimum atomic E-state index is -1.39. The average molecular weight is 478 g/mol. The number of nitrogens with zero attached hydrogens (tertiary/aromatic N) is 1. The lowest BCUT2D eigenvalue weighted by atomic mass is 9.86. The van der Waals surface area contributed by atoms with E-state index in [1.54, 1.807) is 10.6 Å². The van der Waals surface area contributed by atoms with Crippen LogP contribution in [0.1, 0.15) is 42.7 Å². The molecule has 2 aromatic carbocycles. The highest BCUT2D eigenvalue weighted by atomic mass is 35.5. The number of carboxylic acid groups (broad SMARTS) is 1. The van der Waals surface area contributed by atoms with Crippen LogP contribution in [0.15, 0.2) is 41.3 Å². The first-order valence-electron chi connectivity index (χ1n) is 10.2. The van der Waals surface area contributed by atoms with Crippen molar-refractivity contribution in [2.24, 2.45) is 5.41 Å². The summed E-state index contributed by atoms with van der Waals surface area (Å²) < 4.78 is 26.8. The predicted molar refractivity (Wildman–Crippen MR) is 123 cm³/mol. The summed E-state index contributed by atoms with van der Waals surface area (Å²) in [5.41, 5.74) is -1.03. The van der Waals surface area contributed by atoms with Gasteiger partial charge in [0.25, 0.3) is 0 Å². The van der Waals surface area contributed by atoms with E-state index in [1.807, 2.05) is 20.8 Å². The van der Waals surface area contributed by atoms with Crippen molar-refractivity contribution in [1.82, 2.24) is 4.57 Å². The molecule has 0 amide bonds. The molecule has 0 bridgehead atoms. The van der Waals surface area contributed by atoms with Crippen molar-refractivity contribution in [2.45, 2.75) is 33.4 Å². The van der Waals surface area contributed by atoms with Crippen LogP contribution in [0.25, 0.3) is 10.9 Å². The number of halogens is 2. The minimum Gasteiger partial charge on any atom is -0.493 e. The molecule has 0 unspecified atom stereocenters. The topological polar surface area (TPSA) is 98.0 Å². The quantitative estimate of drug-likeness (QED) is 0.513. The molecule has 176 valence electrons. The van der Waals surface area contributed by atoms with Gasteiger partial charge < -0.3 is 24.3 Å². The highest BCUT2D eigenvalue weighted by Gasteiger charge is 2.29. The van der Waals surface area contributed by atoms with Gasteiger partial charge in [-0.15, -0.1) is 0 Å². The number of hydrogen-bond donors (Lipinski definition) is 2. The molecule has 1 heterocycles. The van der Waals surface area contributed by atoms with E-state index in [-0.39, 0.29) is 35.7 Å². The van der Waals surface area contributed by atoms with Crippen LogP contribution in [0, 0.1) is 11.2 Å². The first-order valence-corrected chi connectivity index (χ1v) is 10.5. The van der Waals surface area contributed by atoms with Gasteiger partial charge in [0.15, 0.2) is 11.5 Å². The fourth-order valence-corrected chi connectivity index (χ4v) is 3.82. The fourth-order valence-electron chi connectivity index (χ4n) is 3.63. The van der Waals surface area contributed by atoms with Crippen molar-refractivity contribution >= 4 is 28.5 Å². The van der Waals surface area contributed by atoms with Crippen LogP contribution in [-0.4, -0.2) is 34.5 Å². The van der Waals surface area contributed by atoms with Gasteiger partial charge in [-0.1, -0.05) is 32.4 Å². The molecule has 1 atom stereocenters. The maximum absolute atomic E-state index is 14.1. The van der Waals surface area contributed by atoms with Crippen LogP contribution in [-0.2, 0) is 6.61 Å². The third kappa shape index (κ3) is 4.96. The van der Waals surface area contributed by atoms with Gasteiger partial charge in [0.05, 0.1) is 30.7 Å². The average Bonchev–Trinajstić information content (AvgIpc) is 2.74. The Kier molecular flexibility index (Phi) is 7.00. The van der Waals surface area contributed by atoms with E-state index in [4.69, 9.17) is 21.1 Å². The van der Waals surface area contributed by atoms with E-state index in [2.05, 4.69) is 0 Å². The van der Waals surface area contributed by atoms with E-state index >= 15 is 0 Å². The highest BCUT2D eigenvalue weighted by Crippen LogP contribution is 2.37. The number of ether oxygens (including phenoxy) is 2. The molecule has 0 aliphatic heterocycles. The van der Waals surface area contributed by atoms with Crippen molar-refractivity contribution < 1.29 is 28.9 Å². The molecular formula is C24H25ClFNO6. The van der Waals surface area contributed by atoms with Crippen LogP contribution >= 0.6 is 11.6 Å². The number of aliphatic hydroxyl groups is 1. The lowest BCUT2D eigenvalue weighted by Gasteiger charge is -2.33. The maximum atomic E-state index is 14.1. The Morgan fingerprint density at radius 3 is 2.48 bits per heavy atom. The van der Waals surface area contributed by atoms with E-state index < -0.39 is 34.2 Å². The number of rotatable bonds is 7. The second-order valence-corrected chi connectivity index (χ2v) is 9.13. The van der Waals surface area contributed by atoms with Crippen LogP contribution < -0.4 is 14.9 Å². The van der Waals surface area contributed by atoms with E-state index in [1.165, 1.54) is 37.6 Å². The maximum Gasteiger partial charge on any atom is 0.341 e. The Morgan fingerprint density at radius 2 is 1.91 bits per heavy atom. The Bertz CT molecular complexity index is 1260. The van der Waals surface area contributed by atoms with E-state index in [0.717, 1.165) is 0 Å². The molecule has 3 rings (SSSR count). The third-order valence-corrected chi connectivity index (χ3v) is 5.68. The molecule has 9 heteroatoms. The smallest absolute Gasteiger partial charge is 0.341 e. The number of carbonyl (C=O) groups is 1. The van der Waals surface area contributed by atoms with Crippen LogP contribution in [0.5, 0.6) is 11.5 Å². The fraction of sp³-hybridized carbons (Fsp3) is 0.333. The SMILES string of the molecule is COc1cc2c(cc1OCc1cc(Cl)ccc1F)c(=O)c(C(=O)O)cn2[C@H](CO)C(C)(C)C. The Morgan fingerprint density at radius 1 is 1.21 bits per heavy atom. The summed E-state index contributed by atoms with van der Waals surface area (Å²) in [5, 5.41) is 20.1. The Labute approximate surface area is 194 Å². The van der Waals surface area contributed by atoms with Gasteiger partial charge >= 0.3 is 5.97 Å². The molecule has 0 saturated heterocycles. The van der Waals surface area contributed by atoms with Gasteiger partial charge in [-0.05, 0) is 29.7 Å². The molecule has 0 fully saturated rings. The van der Waals surface area contributed by atoms with E-state index in [9.17, 15) is 24.2 Å². The summed E-state index contributed by atoms with van der Waals surface area (Å²) in [6.07, 6.45) is 1.24. The number of aliphatic hydroxyl groups excluding tert-OH is 1. The van der Waals surface area contributed by atoms with Gasteiger partial charge in [0.2, 0.25) is 5.43 Å². The number of fused-ring (bicyclic) bond motifs is 1. The van der Waals surface area contributed by atoms with Gasteiger partial charge in [-0.2, -0.15) is 0 Å².